The van der Waals surface area contributed by atoms with Gasteiger partial charge in [0.15, 0.2) is 0 Å². The highest BCUT2D eigenvalue weighted by Crippen LogP contribution is 2.28. The van der Waals surface area contributed by atoms with Crippen molar-refractivity contribution in [2.75, 3.05) is 18.2 Å². The topological polar surface area (TPSA) is 84.6 Å². The molecule has 6 heteroatoms. The molecule has 0 aliphatic heterocycles. The van der Waals surface area contributed by atoms with Crippen molar-refractivity contribution in [3.05, 3.63) is 47.8 Å². The summed E-state index contributed by atoms with van der Waals surface area (Å²) in [5, 5.41) is 12.2. The van der Waals surface area contributed by atoms with Crippen LogP contribution >= 0.6 is 0 Å². The second-order valence-corrected chi connectivity index (χ2v) is 4.07. The number of hydrogen-bond acceptors (Lipinski definition) is 4. The molecule has 0 bridgehead atoms. The number of methoxy groups -OCH3 is 1. The number of phenolic OH excluding ortho intramolecular Hbond substituents is 1. The molecule has 0 spiro atoms. The molecule has 104 valence electrons. The number of phenols is 1. The zero-order chi connectivity index (χ0) is 14.7. The van der Waals surface area contributed by atoms with Gasteiger partial charge in [-0.3, -0.25) is 4.79 Å². The van der Waals surface area contributed by atoms with E-state index in [9.17, 15) is 14.3 Å². The molecule has 2 rings (SSSR count). The molecule has 0 aromatic heterocycles. The van der Waals surface area contributed by atoms with Crippen molar-refractivity contribution in [3.8, 4) is 11.5 Å². The Hall–Kier alpha value is -2.76. The van der Waals surface area contributed by atoms with E-state index in [1.807, 2.05) is 0 Å². The Morgan fingerprint density at radius 2 is 2.05 bits per heavy atom. The molecule has 0 atom stereocenters. The number of nitrogens with two attached hydrogens (primary N) is 1. The molecule has 0 aliphatic rings. The van der Waals surface area contributed by atoms with Crippen LogP contribution in [0.3, 0.4) is 0 Å². The van der Waals surface area contributed by atoms with Gasteiger partial charge >= 0.3 is 0 Å². The van der Waals surface area contributed by atoms with Gasteiger partial charge < -0.3 is 20.9 Å². The first-order valence-corrected chi connectivity index (χ1v) is 5.74. The molecule has 1 amide bonds. The number of nitrogens with one attached hydrogen (secondary N) is 1. The average molecular weight is 276 g/mol. The Morgan fingerprint density at radius 3 is 2.65 bits per heavy atom. The fraction of sp³-hybridized carbons (Fsp3) is 0.0714. The van der Waals surface area contributed by atoms with Gasteiger partial charge in [-0.1, -0.05) is 0 Å². The second kappa shape index (κ2) is 5.48. The number of carbonyl (C=O) groups is 1. The third-order valence-electron chi connectivity index (χ3n) is 2.72. The lowest BCUT2D eigenvalue weighted by molar-refractivity contribution is 0.102. The van der Waals surface area contributed by atoms with Crippen LogP contribution in [0.2, 0.25) is 0 Å². The van der Waals surface area contributed by atoms with Crippen LogP contribution in [-0.2, 0) is 0 Å². The molecule has 0 aliphatic carbocycles. The van der Waals surface area contributed by atoms with Gasteiger partial charge in [0.25, 0.3) is 5.91 Å². The third kappa shape index (κ3) is 2.80. The van der Waals surface area contributed by atoms with Crippen LogP contribution in [0.25, 0.3) is 0 Å². The van der Waals surface area contributed by atoms with Crippen LogP contribution in [0.15, 0.2) is 36.4 Å². The number of anilines is 2. The number of nitrogen functional groups attached to an aromatic ring is 1. The molecule has 0 unspecified atom stereocenters. The summed E-state index contributed by atoms with van der Waals surface area (Å²) in [7, 11) is 1.46. The van der Waals surface area contributed by atoms with Crippen LogP contribution in [0, 0.1) is 5.82 Å². The second-order valence-electron chi connectivity index (χ2n) is 4.07. The summed E-state index contributed by atoms with van der Waals surface area (Å²) < 4.78 is 18.2. The minimum Gasteiger partial charge on any atom is -0.506 e. The minimum absolute atomic E-state index is 0.0335. The minimum atomic E-state index is -0.670. The Kier molecular flexibility index (Phi) is 3.74. The molecule has 0 heterocycles. The Labute approximate surface area is 114 Å². The normalized spacial score (nSPS) is 10.1. The van der Waals surface area contributed by atoms with E-state index in [1.165, 1.54) is 31.4 Å². The van der Waals surface area contributed by atoms with Crippen LogP contribution in [-0.4, -0.2) is 18.1 Å². The largest absolute Gasteiger partial charge is 0.506 e. The van der Waals surface area contributed by atoms with E-state index in [0.29, 0.717) is 5.75 Å². The summed E-state index contributed by atoms with van der Waals surface area (Å²) in [6.07, 6.45) is 0. The predicted octanol–water partition coefficient (Wildman–Crippen LogP) is 2.37. The van der Waals surface area contributed by atoms with Crippen LogP contribution in [0.4, 0.5) is 15.8 Å². The molecule has 0 radical (unpaired) electrons. The van der Waals surface area contributed by atoms with Gasteiger partial charge in [-0.2, -0.15) is 0 Å². The zero-order valence-electron chi connectivity index (χ0n) is 10.7. The lowest BCUT2D eigenvalue weighted by Crippen LogP contribution is -2.12. The number of benzene rings is 2. The van der Waals surface area contributed by atoms with E-state index in [1.54, 1.807) is 6.07 Å². The van der Waals surface area contributed by atoms with Gasteiger partial charge in [0.05, 0.1) is 18.5 Å². The molecule has 20 heavy (non-hydrogen) atoms. The van der Waals surface area contributed by atoms with E-state index in [-0.39, 0.29) is 22.7 Å². The number of rotatable bonds is 3. The zero-order valence-corrected chi connectivity index (χ0v) is 10.7. The van der Waals surface area contributed by atoms with Gasteiger partial charge in [-0.25, -0.2) is 4.39 Å². The lowest BCUT2D eigenvalue weighted by atomic mass is 10.1. The van der Waals surface area contributed by atoms with E-state index in [0.717, 1.165) is 6.07 Å². The Morgan fingerprint density at radius 1 is 1.30 bits per heavy atom. The van der Waals surface area contributed by atoms with E-state index >= 15 is 0 Å². The fourth-order valence-corrected chi connectivity index (χ4v) is 1.61. The molecule has 5 nitrogen and oxygen atoms in total. The van der Waals surface area contributed by atoms with Crippen molar-refractivity contribution in [2.24, 2.45) is 0 Å². The number of hydrogen-bond donors (Lipinski definition) is 3. The van der Waals surface area contributed by atoms with Gasteiger partial charge in [0, 0.05) is 11.6 Å². The first kappa shape index (κ1) is 13.7. The fourth-order valence-electron chi connectivity index (χ4n) is 1.61. The maximum absolute atomic E-state index is 13.3. The molecule has 0 saturated heterocycles. The molecular weight excluding hydrogens is 263 g/mol. The van der Waals surface area contributed by atoms with E-state index in [2.05, 4.69) is 5.32 Å². The summed E-state index contributed by atoms with van der Waals surface area (Å²) >= 11 is 0. The maximum Gasteiger partial charge on any atom is 0.255 e. The molecule has 0 fully saturated rings. The summed E-state index contributed by atoms with van der Waals surface area (Å²) in [5.74, 6) is -0.909. The van der Waals surface area contributed by atoms with Crippen molar-refractivity contribution in [2.45, 2.75) is 0 Å². The van der Waals surface area contributed by atoms with Gasteiger partial charge in [-0.15, -0.1) is 0 Å². The van der Waals surface area contributed by atoms with E-state index < -0.39 is 11.7 Å². The number of amides is 1. The van der Waals surface area contributed by atoms with Crippen molar-refractivity contribution in [1.82, 2.24) is 0 Å². The van der Waals surface area contributed by atoms with Crippen LogP contribution in [0.1, 0.15) is 10.4 Å². The molecule has 2 aromatic rings. The lowest BCUT2D eigenvalue weighted by Gasteiger charge is -2.09. The quantitative estimate of drug-likeness (QED) is 0.593. The smallest absolute Gasteiger partial charge is 0.255 e. The highest BCUT2D eigenvalue weighted by molar-refractivity contribution is 6.05. The predicted molar refractivity (Wildman–Crippen MR) is 73.4 cm³/mol. The summed E-state index contributed by atoms with van der Waals surface area (Å²) in [4.78, 5) is 11.9. The number of carbonyl (C=O) groups excluding carboxylic acids is 1. The van der Waals surface area contributed by atoms with Gasteiger partial charge in [0.1, 0.15) is 17.3 Å². The summed E-state index contributed by atoms with van der Waals surface area (Å²) in [6, 6.07) is 8.16. The average Bonchev–Trinajstić information content (AvgIpc) is 2.43. The highest BCUT2D eigenvalue weighted by atomic mass is 19.1. The molecule has 0 saturated carbocycles. The van der Waals surface area contributed by atoms with Crippen molar-refractivity contribution < 1.29 is 19.0 Å². The van der Waals surface area contributed by atoms with Crippen LogP contribution < -0.4 is 15.8 Å². The Balaban J connectivity index is 2.21. The maximum atomic E-state index is 13.3. The summed E-state index contributed by atoms with van der Waals surface area (Å²) in [5.41, 5.74) is 5.61. The van der Waals surface area contributed by atoms with Crippen LogP contribution in [0.5, 0.6) is 11.5 Å². The SMILES string of the molecule is COc1ccc(NC(=O)c2ccc(N)c(F)c2)c(O)c1. The highest BCUT2D eigenvalue weighted by Gasteiger charge is 2.11. The third-order valence-corrected chi connectivity index (χ3v) is 2.72. The first-order chi connectivity index (χ1) is 9.51. The van der Waals surface area contributed by atoms with Gasteiger partial charge in [0.2, 0.25) is 0 Å². The Bertz CT molecular complexity index is 659. The number of ether oxygens (including phenoxy) is 1. The van der Waals surface area contributed by atoms with Gasteiger partial charge in [-0.05, 0) is 30.3 Å². The first-order valence-electron chi connectivity index (χ1n) is 5.74. The summed E-state index contributed by atoms with van der Waals surface area (Å²) in [6.45, 7) is 0. The van der Waals surface area contributed by atoms with E-state index in [4.69, 9.17) is 10.5 Å². The number of aromatic hydroxyl groups is 1. The monoisotopic (exact) mass is 276 g/mol. The van der Waals surface area contributed by atoms with Crippen molar-refractivity contribution in [1.29, 1.82) is 0 Å². The molecular formula is C14H13FN2O3. The molecule has 4 N–H and O–H groups in total. The van der Waals surface area contributed by atoms with Crippen molar-refractivity contribution in [3.63, 3.8) is 0 Å². The van der Waals surface area contributed by atoms with Crippen molar-refractivity contribution >= 4 is 17.3 Å². The standard InChI is InChI=1S/C14H13FN2O3/c1-20-9-3-5-12(13(18)7-9)17-14(19)8-2-4-11(16)10(15)6-8/h2-7,18H,16H2,1H3,(H,17,19). The number of halogens is 1. The molecule has 2 aromatic carbocycles.